The van der Waals surface area contributed by atoms with Crippen LogP contribution in [0.1, 0.15) is 11.3 Å². The predicted molar refractivity (Wildman–Crippen MR) is 132 cm³/mol. The minimum Gasteiger partial charge on any atom is -0.506 e. The predicted octanol–water partition coefficient (Wildman–Crippen LogP) is 7.43. The van der Waals surface area contributed by atoms with E-state index < -0.39 is 0 Å². The van der Waals surface area contributed by atoms with Crippen LogP contribution in [0.15, 0.2) is 101 Å². The largest absolute Gasteiger partial charge is 0.506 e. The molecule has 1 aromatic heterocycles. The van der Waals surface area contributed by atoms with Gasteiger partial charge in [0.2, 0.25) is 0 Å². The van der Waals surface area contributed by atoms with Crippen molar-refractivity contribution in [2.45, 2.75) is 0 Å². The Balaban J connectivity index is 1.57. The third-order valence-electron chi connectivity index (χ3n) is 5.29. The summed E-state index contributed by atoms with van der Waals surface area (Å²) in [4.78, 5) is 14.9. The number of amides is 1. The molecule has 0 fully saturated rings. The van der Waals surface area contributed by atoms with Crippen molar-refractivity contribution in [3.63, 3.8) is 0 Å². The van der Waals surface area contributed by atoms with E-state index in [4.69, 9.17) is 27.6 Å². The first-order valence-electron chi connectivity index (χ1n) is 10.2. The topological polar surface area (TPSA) is 53.7 Å². The van der Waals surface area contributed by atoms with E-state index in [-0.39, 0.29) is 11.7 Å². The highest BCUT2D eigenvalue weighted by atomic mass is 35.5. The molecule has 1 aliphatic rings. The zero-order chi connectivity index (χ0) is 22.9. The SMILES string of the molecule is O=C1/C(=C/c2ccc(-c3cc(Cl)ccc3Cl)o2)C=C(c2ccccc2)N1c1ccccc1O. The van der Waals surface area contributed by atoms with Gasteiger partial charge in [0.25, 0.3) is 5.91 Å². The summed E-state index contributed by atoms with van der Waals surface area (Å²) in [5.41, 5.74) is 3.02. The minimum absolute atomic E-state index is 0.0183. The van der Waals surface area contributed by atoms with Crippen molar-refractivity contribution in [3.05, 3.63) is 118 Å². The van der Waals surface area contributed by atoms with Crippen molar-refractivity contribution in [3.8, 4) is 17.1 Å². The number of hydrogen-bond acceptors (Lipinski definition) is 3. The summed E-state index contributed by atoms with van der Waals surface area (Å²) in [6.07, 6.45) is 3.46. The number of phenols is 1. The van der Waals surface area contributed by atoms with Crippen LogP contribution in [-0.4, -0.2) is 11.0 Å². The Kier molecular flexibility index (Phi) is 5.55. The first-order chi connectivity index (χ1) is 16.0. The molecule has 0 atom stereocenters. The van der Waals surface area contributed by atoms with E-state index in [2.05, 4.69) is 0 Å². The number of halogens is 2. The van der Waals surface area contributed by atoms with Crippen molar-refractivity contribution in [2.75, 3.05) is 4.90 Å². The van der Waals surface area contributed by atoms with E-state index in [1.165, 1.54) is 4.90 Å². The van der Waals surface area contributed by atoms with Crippen LogP contribution < -0.4 is 4.90 Å². The van der Waals surface area contributed by atoms with Crippen molar-refractivity contribution in [1.29, 1.82) is 0 Å². The first kappa shape index (κ1) is 21.1. The van der Waals surface area contributed by atoms with Gasteiger partial charge in [0.05, 0.1) is 16.4 Å². The van der Waals surface area contributed by atoms with E-state index in [0.29, 0.717) is 44.1 Å². The lowest BCUT2D eigenvalue weighted by Gasteiger charge is -2.21. The van der Waals surface area contributed by atoms with Crippen LogP contribution in [-0.2, 0) is 4.79 Å². The van der Waals surface area contributed by atoms with Gasteiger partial charge >= 0.3 is 0 Å². The Morgan fingerprint density at radius 1 is 0.879 bits per heavy atom. The minimum atomic E-state index is -0.269. The number of rotatable bonds is 4. The molecule has 1 N–H and O–H groups in total. The number of aromatic hydroxyl groups is 1. The number of nitrogens with zero attached hydrogens (tertiary/aromatic N) is 1. The zero-order valence-electron chi connectivity index (χ0n) is 17.2. The smallest absolute Gasteiger partial charge is 0.263 e. The average Bonchev–Trinajstić information content (AvgIpc) is 3.41. The summed E-state index contributed by atoms with van der Waals surface area (Å²) >= 11 is 12.4. The molecule has 0 radical (unpaired) electrons. The second-order valence-electron chi connectivity index (χ2n) is 7.45. The molecular formula is C27H17Cl2NO3. The van der Waals surface area contributed by atoms with Crippen LogP contribution in [0.5, 0.6) is 5.75 Å². The Morgan fingerprint density at radius 3 is 2.42 bits per heavy atom. The second kappa shape index (κ2) is 8.66. The van der Waals surface area contributed by atoms with Gasteiger partial charge in [-0.3, -0.25) is 9.69 Å². The molecule has 0 saturated heterocycles. The maximum absolute atomic E-state index is 13.4. The van der Waals surface area contributed by atoms with Gasteiger partial charge < -0.3 is 9.52 Å². The fourth-order valence-electron chi connectivity index (χ4n) is 3.74. The Bertz CT molecular complexity index is 1420. The molecule has 3 aromatic carbocycles. The van der Waals surface area contributed by atoms with E-state index in [1.54, 1.807) is 66.7 Å². The monoisotopic (exact) mass is 473 g/mol. The van der Waals surface area contributed by atoms with E-state index >= 15 is 0 Å². The number of carbonyl (C=O) groups is 1. The maximum atomic E-state index is 13.4. The second-order valence-corrected chi connectivity index (χ2v) is 8.29. The van der Waals surface area contributed by atoms with Gasteiger partial charge in [-0.15, -0.1) is 0 Å². The summed E-state index contributed by atoms with van der Waals surface area (Å²) in [6.45, 7) is 0. The summed E-state index contributed by atoms with van der Waals surface area (Å²) in [6, 6.07) is 25.0. The first-order valence-corrected chi connectivity index (χ1v) is 10.9. The Hall–Kier alpha value is -3.73. The van der Waals surface area contributed by atoms with Gasteiger partial charge in [-0.2, -0.15) is 0 Å². The van der Waals surface area contributed by atoms with Crippen molar-refractivity contribution in [1.82, 2.24) is 0 Å². The molecule has 162 valence electrons. The van der Waals surface area contributed by atoms with Gasteiger partial charge in [-0.25, -0.2) is 0 Å². The number of furan rings is 1. The highest BCUT2D eigenvalue weighted by Gasteiger charge is 2.32. The lowest BCUT2D eigenvalue weighted by molar-refractivity contribution is -0.113. The van der Waals surface area contributed by atoms with Crippen LogP contribution >= 0.6 is 23.2 Å². The van der Waals surface area contributed by atoms with Crippen LogP contribution in [0, 0.1) is 0 Å². The molecule has 4 aromatic rings. The molecular weight excluding hydrogens is 457 g/mol. The van der Waals surface area contributed by atoms with Crippen LogP contribution in [0.4, 0.5) is 5.69 Å². The highest BCUT2D eigenvalue weighted by molar-refractivity contribution is 6.35. The molecule has 6 heteroatoms. The third-order valence-corrected chi connectivity index (χ3v) is 5.86. The molecule has 0 saturated carbocycles. The molecule has 0 aliphatic carbocycles. The van der Waals surface area contributed by atoms with E-state index in [9.17, 15) is 9.90 Å². The maximum Gasteiger partial charge on any atom is 0.263 e. The molecule has 4 nitrogen and oxygen atoms in total. The lowest BCUT2D eigenvalue weighted by atomic mass is 10.1. The molecule has 0 bridgehead atoms. The van der Waals surface area contributed by atoms with E-state index in [0.717, 1.165) is 5.56 Å². The summed E-state index contributed by atoms with van der Waals surface area (Å²) in [7, 11) is 0. The number of para-hydroxylation sites is 2. The number of hydrogen-bond donors (Lipinski definition) is 1. The zero-order valence-corrected chi connectivity index (χ0v) is 18.7. The Labute approximate surface area is 200 Å². The third kappa shape index (κ3) is 4.07. The standard InChI is InChI=1S/C27H17Cl2NO3/c28-19-10-12-22(29)21(16-19)26-13-11-20(33-26)14-18-15-24(17-6-2-1-3-7-17)30(27(18)32)23-8-4-5-9-25(23)31/h1-16,31H/b18-14+. The van der Waals surface area contributed by atoms with Gasteiger partial charge in [-0.1, -0.05) is 65.7 Å². The molecule has 2 heterocycles. The Morgan fingerprint density at radius 2 is 1.64 bits per heavy atom. The molecule has 0 spiro atoms. The van der Waals surface area contributed by atoms with Crippen LogP contribution in [0.2, 0.25) is 10.0 Å². The van der Waals surface area contributed by atoms with Crippen molar-refractivity contribution in [2.24, 2.45) is 0 Å². The average molecular weight is 474 g/mol. The summed E-state index contributed by atoms with van der Waals surface area (Å²) in [5, 5.41) is 11.5. The molecule has 5 rings (SSSR count). The lowest BCUT2D eigenvalue weighted by Crippen LogP contribution is -2.25. The summed E-state index contributed by atoms with van der Waals surface area (Å²) in [5.74, 6) is 0.788. The normalized spacial score (nSPS) is 14.7. The highest BCUT2D eigenvalue weighted by Crippen LogP contribution is 2.39. The quantitative estimate of drug-likeness (QED) is 0.313. The summed E-state index contributed by atoms with van der Waals surface area (Å²) < 4.78 is 5.95. The van der Waals surface area contributed by atoms with Gasteiger partial charge in [0.1, 0.15) is 17.3 Å². The van der Waals surface area contributed by atoms with Crippen LogP contribution in [0.3, 0.4) is 0 Å². The molecule has 33 heavy (non-hydrogen) atoms. The number of anilines is 1. The number of carbonyl (C=O) groups excluding carboxylic acids is 1. The fraction of sp³-hybridized carbons (Fsp3) is 0. The number of benzene rings is 3. The van der Waals surface area contributed by atoms with Gasteiger partial charge in [0.15, 0.2) is 0 Å². The number of phenolic OH excluding ortho intramolecular Hbond substituents is 1. The van der Waals surface area contributed by atoms with Crippen molar-refractivity contribution < 1.29 is 14.3 Å². The van der Waals surface area contributed by atoms with Gasteiger partial charge in [-0.05, 0) is 60.2 Å². The molecule has 1 amide bonds. The van der Waals surface area contributed by atoms with Crippen molar-refractivity contribution >= 4 is 46.6 Å². The van der Waals surface area contributed by atoms with E-state index in [1.807, 2.05) is 30.3 Å². The molecule has 0 unspecified atom stereocenters. The van der Waals surface area contributed by atoms with Crippen LogP contribution in [0.25, 0.3) is 23.1 Å². The van der Waals surface area contributed by atoms with Gasteiger partial charge in [0, 0.05) is 16.2 Å². The molecule has 1 aliphatic heterocycles. The fourth-order valence-corrected chi connectivity index (χ4v) is 4.13.